The number of piperidine rings is 1. The fraction of sp³-hybridized carbons (Fsp3) is 0.444. The number of hydrogen-bond donors (Lipinski definition) is 2. The highest BCUT2D eigenvalue weighted by molar-refractivity contribution is 5.75. The first-order valence-corrected chi connectivity index (χ1v) is 13.6. The van der Waals surface area contributed by atoms with Gasteiger partial charge in [0.1, 0.15) is 17.7 Å². The second-order valence-electron chi connectivity index (χ2n) is 10.7. The lowest BCUT2D eigenvalue weighted by atomic mass is 9.92. The van der Waals surface area contributed by atoms with Crippen molar-refractivity contribution in [3.63, 3.8) is 0 Å². The molecule has 5 heterocycles. The number of imidazole rings is 2. The van der Waals surface area contributed by atoms with Crippen LogP contribution in [0, 0.1) is 11.6 Å². The van der Waals surface area contributed by atoms with Gasteiger partial charge in [0.05, 0.1) is 18.7 Å². The van der Waals surface area contributed by atoms with E-state index in [1.54, 1.807) is 15.7 Å². The lowest BCUT2D eigenvalue weighted by Crippen LogP contribution is -2.46. The Morgan fingerprint density at radius 1 is 1.07 bits per heavy atom. The van der Waals surface area contributed by atoms with E-state index in [0.29, 0.717) is 37.1 Å². The summed E-state index contributed by atoms with van der Waals surface area (Å²) in [5, 5.41) is 2.91. The van der Waals surface area contributed by atoms with E-state index in [1.807, 2.05) is 0 Å². The SMILES string of the molecule is O=C(N[C@@H]1CC[C@@H](c2cccc(F)c2F)Cn2c(CC(F)(F)F)cnc21)N1CCC(n2c(=O)[nH]c3ncncc32)CC1. The number of carbonyl (C=O) groups is 1. The van der Waals surface area contributed by atoms with Crippen LogP contribution >= 0.6 is 0 Å². The van der Waals surface area contributed by atoms with Crippen LogP contribution in [0.2, 0.25) is 0 Å². The fourth-order valence-corrected chi connectivity index (χ4v) is 6.09. The molecule has 0 saturated carbocycles. The zero-order valence-electron chi connectivity index (χ0n) is 22.2. The predicted octanol–water partition coefficient (Wildman–Crippen LogP) is 4.36. The van der Waals surface area contributed by atoms with E-state index in [1.165, 1.54) is 23.0 Å². The number of aromatic amines is 1. The molecule has 10 nitrogen and oxygen atoms in total. The van der Waals surface area contributed by atoms with Crippen LogP contribution in [-0.4, -0.2) is 59.3 Å². The summed E-state index contributed by atoms with van der Waals surface area (Å²) in [6.45, 7) is 0.629. The van der Waals surface area contributed by atoms with Crippen LogP contribution in [0.4, 0.5) is 26.7 Å². The van der Waals surface area contributed by atoms with Gasteiger partial charge in [0.2, 0.25) is 0 Å². The number of benzene rings is 1. The summed E-state index contributed by atoms with van der Waals surface area (Å²) >= 11 is 0. The summed E-state index contributed by atoms with van der Waals surface area (Å²) in [7, 11) is 0. The first kappa shape index (κ1) is 27.8. The first-order chi connectivity index (χ1) is 20.1. The molecule has 0 spiro atoms. The van der Waals surface area contributed by atoms with Crippen LogP contribution < -0.4 is 11.0 Å². The van der Waals surface area contributed by atoms with Crippen molar-refractivity contribution >= 4 is 17.2 Å². The Kier molecular flexibility index (Phi) is 7.19. The zero-order chi connectivity index (χ0) is 29.6. The molecule has 4 aromatic rings. The third-order valence-corrected chi connectivity index (χ3v) is 8.10. The second-order valence-corrected chi connectivity index (χ2v) is 10.7. The Morgan fingerprint density at radius 3 is 2.62 bits per heavy atom. The lowest BCUT2D eigenvalue weighted by molar-refractivity contribution is -0.128. The van der Waals surface area contributed by atoms with E-state index in [2.05, 4.69) is 25.3 Å². The highest BCUT2D eigenvalue weighted by Gasteiger charge is 2.36. The number of carbonyl (C=O) groups excluding carboxylic acids is 1. The molecule has 3 aromatic heterocycles. The van der Waals surface area contributed by atoms with Crippen LogP contribution in [0.25, 0.3) is 11.2 Å². The van der Waals surface area contributed by atoms with Gasteiger partial charge < -0.3 is 14.8 Å². The Hall–Kier alpha value is -4.30. The quantitative estimate of drug-likeness (QED) is 0.343. The van der Waals surface area contributed by atoms with Crippen molar-refractivity contribution < 1.29 is 26.7 Å². The maximum Gasteiger partial charge on any atom is 0.394 e. The number of alkyl halides is 3. The third kappa shape index (κ3) is 5.34. The summed E-state index contributed by atoms with van der Waals surface area (Å²) in [5.41, 5.74) is 0.654. The number of nitrogens with zero attached hydrogens (tertiary/aromatic N) is 6. The molecule has 1 aromatic carbocycles. The Morgan fingerprint density at radius 2 is 1.86 bits per heavy atom. The number of aromatic nitrogens is 6. The maximum atomic E-state index is 14.7. The molecule has 6 rings (SSSR count). The van der Waals surface area contributed by atoms with Gasteiger partial charge in [-0.25, -0.2) is 33.3 Å². The molecule has 0 bridgehead atoms. The first-order valence-electron chi connectivity index (χ1n) is 13.6. The van der Waals surface area contributed by atoms with Gasteiger partial charge in [-0.05, 0) is 37.3 Å². The number of hydrogen-bond acceptors (Lipinski definition) is 5. The van der Waals surface area contributed by atoms with Gasteiger partial charge in [-0.3, -0.25) is 9.55 Å². The molecule has 222 valence electrons. The molecule has 2 N–H and O–H groups in total. The Bertz CT molecular complexity index is 1670. The molecule has 0 unspecified atom stereocenters. The van der Waals surface area contributed by atoms with Crippen LogP contribution in [0.15, 0.2) is 41.7 Å². The molecular formula is C27H27F5N8O2. The topological polar surface area (TPSA) is 114 Å². The monoisotopic (exact) mass is 590 g/mol. The minimum absolute atomic E-state index is 0.0397. The van der Waals surface area contributed by atoms with E-state index in [9.17, 15) is 31.5 Å². The van der Waals surface area contributed by atoms with Gasteiger partial charge >= 0.3 is 17.9 Å². The summed E-state index contributed by atoms with van der Waals surface area (Å²) in [6, 6.07) is 2.44. The van der Waals surface area contributed by atoms with Crippen molar-refractivity contribution in [2.45, 2.75) is 62.8 Å². The molecule has 1 fully saturated rings. The predicted molar refractivity (Wildman–Crippen MR) is 140 cm³/mol. The summed E-state index contributed by atoms with van der Waals surface area (Å²) < 4.78 is 71.8. The molecule has 2 aliphatic rings. The van der Waals surface area contributed by atoms with Crippen LogP contribution in [0.1, 0.15) is 60.8 Å². The molecule has 15 heteroatoms. The number of nitrogens with one attached hydrogen (secondary N) is 2. The van der Waals surface area contributed by atoms with Gasteiger partial charge in [-0.15, -0.1) is 0 Å². The molecule has 2 aliphatic heterocycles. The molecular weight excluding hydrogens is 563 g/mol. The minimum atomic E-state index is -4.51. The smallest absolute Gasteiger partial charge is 0.329 e. The van der Waals surface area contributed by atoms with Crippen molar-refractivity contribution in [2.24, 2.45) is 0 Å². The summed E-state index contributed by atoms with van der Waals surface area (Å²) in [5.74, 6) is -2.46. The van der Waals surface area contributed by atoms with Gasteiger partial charge in [-0.1, -0.05) is 12.1 Å². The van der Waals surface area contributed by atoms with Crippen molar-refractivity contribution in [1.82, 2.24) is 39.3 Å². The van der Waals surface area contributed by atoms with Gasteiger partial charge in [0, 0.05) is 43.5 Å². The highest BCUT2D eigenvalue weighted by Crippen LogP contribution is 2.36. The number of rotatable bonds is 4. The zero-order valence-corrected chi connectivity index (χ0v) is 22.2. The molecule has 2 amide bonds. The third-order valence-electron chi connectivity index (χ3n) is 8.10. The molecule has 0 aliphatic carbocycles. The summed E-state index contributed by atoms with van der Waals surface area (Å²) in [4.78, 5) is 42.5. The van der Waals surface area contributed by atoms with Crippen LogP contribution in [0.3, 0.4) is 0 Å². The van der Waals surface area contributed by atoms with E-state index >= 15 is 0 Å². The van der Waals surface area contributed by atoms with Crippen LogP contribution in [0.5, 0.6) is 0 Å². The van der Waals surface area contributed by atoms with Crippen molar-refractivity contribution in [1.29, 1.82) is 0 Å². The van der Waals surface area contributed by atoms with Crippen molar-refractivity contribution in [3.8, 4) is 0 Å². The van der Waals surface area contributed by atoms with Gasteiger partial charge in [0.25, 0.3) is 0 Å². The number of urea groups is 1. The Labute approximate surface area is 235 Å². The highest BCUT2D eigenvalue weighted by atomic mass is 19.4. The number of halogens is 5. The average molecular weight is 591 g/mol. The van der Waals surface area contributed by atoms with Crippen molar-refractivity contribution in [3.05, 3.63) is 76.1 Å². The number of H-pyrrole nitrogens is 1. The minimum Gasteiger partial charge on any atom is -0.329 e. The van der Waals surface area contributed by atoms with Crippen molar-refractivity contribution in [2.75, 3.05) is 13.1 Å². The Balaban J connectivity index is 1.20. The molecule has 0 radical (unpaired) electrons. The number of amides is 2. The summed E-state index contributed by atoms with van der Waals surface area (Å²) in [6.07, 6.45) is -0.198. The lowest BCUT2D eigenvalue weighted by Gasteiger charge is -2.33. The van der Waals surface area contributed by atoms with Gasteiger partial charge in [0.15, 0.2) is 17.3 Å². The van der Waals surface area contributed by atoms with Crippen LogP contribution in [-0.2, 0) is 13.0 Å². The molecule has 2 atom stereocenters. The average Bonchev–Trinajstić information content (AvgIpc) is 3.43. The molecule has 1 saturated heterocycles. The number of likely N-dealkylation sites (tertiary alicyclic amines) is 1. The van der Waals surface area contributed by atoms with E-state index in [4.69, 9.17) is 0 Å². The fourth-order valence-electron chi connectivity index (χ4n) is 6.09. The van der Waals surface area contributed by atoms with E-state index in [-0.39, 0.29) is 48.2 Å². The normalized spacial score (nSPS) is 20.0. The maximum absolute atomic E-state index is 14.7. The molecule has 42 heavy (non-hydrogen) atoms. The standard InChI is InChI=1S/C27H27F5N8O2/c28-19-3-1-2-18(22(19)29)15-4-5-20(24-34-11-17(39(24)13-15)10-27(30,31)32)36-25(41)38-8-6-16(7-9-38)40-21-12-33-14-35-23(21)37-26(40)42/h1-3,11-12,14-16,20H,4-10,13H2,(H,36,41)(H,33,35,37,42)/t15-,20-/m1/s1. The van der Waals surface area contributed by atoms with E-state index < -0.39 is 42.2 Å². The van der Waals surface area contributed by atoms with Gasteiger partial charge in [-0.2, -0.15) is 13.2 Å². The number of fused-ring (bicyclic) bond motifs is 2. The van der Waals surface area contributed by atoms with E-state index in [0.717, 1.165) is 12.3 Å². The largest absolute Gasteiger partial charge is 0.394 e. The second kappa shape index (κ2) is 10.8.